The Morgan fingerprint density at radius 1 is 1.03 bits per heavy atom. The minimum atomic E-state index is -0.946. The van der Waals surface area contributed by atoms with Gasteiger partial charge in [-0.1, -0.05) is 18.2 Å². The molecule has 1 aromatic heterocycles. The zero-order chi connectivity index (χ0) is 21.0. The maximum atomic E-state index is 12.5. The number of ether oxygens (including phenoxy) is 2. The fourth-order valence-corrected chi connectivity index (χ4v) is 2.81. The van der Waals surface area contributed by atoms with Crippen molar-refractivity contribution in [1.29, 1.82) is 0 Å². The number of aromatic nitrogens is 2. The molecule has 1 amide bonds. The lowest BCUT2D eigenvalue weighted by Gasteiger charge is -2.15. The molecule has 0 spiro atoms. The summed E-state index contributed by atoms with van der Waals surface area (Å²) in [6, 6.07) is 12.3. The van der Waals surface area contributed by atoms with Gasteiger partial charge in [-0.25, -0.2) is 14.8 Å². The second kappa shape index (κ2) is 8.68. The average molecular weight is 393 g/mol. The van der Waals surface area contributed by atoms with E-state index in [9.17, 15) is 9.59 Å². The summed E-state index contributed by atoms with van der Waals surface area (Å²) in [6.45, 7) is 5.55. The van der Waals surface area contributed by atoms with Crippen LogP contribution in [0.1, 0.15) is 34.2 Å². The van der Waals surface area contributed by atoms with Gasteiger partial charge in [0.15, 0.2) is 6.10 Å². The van der Waals surface area contributed by atoms with E-state index in [-0.39, 0.29) is 6.54 Å². The molecule has 0 saturated carbocycles. The normalized spacial score (nSPS) is 11.7. The summed E-state index contributed by atoms with van der Waals surface area (Å²) < 4.78 is 10.6. The molecular weight excluding hydrogens is 370 g/mol. The summed E-state index contributed by atoms with van der Waals surface area (Å²) in [6.07, 6.45) is -0.946. The number of hydrogen-bond acceptors (Lipinski definition) is 6. The van der Waals surface area contributed by atoms with Crippen LogP contribution in [-0.2, 0) is 16.1 Å². The van der Waals surface area contributed by atoms with Crippen LogP contribution in [0.15, 0.2) is 42.5 Å². The van der Waals surface area contributed by atoms with Crippen LogP contribution < -0.4 is 10.1 Å². The van der Waals surface area contributed by atoms with E-state index in [1.165, 1.54) is 6.92 Å². The molecule has 0 radical (unpaired) electrons. The van der Waals surface area contributed by atoms with Crippen molar-refractivity contribution < 1.29 is 19.1 Å². The number of para-hydroxylation sites is 1. The number of esters is 1. The third-order valence-corrected chi connectivity index (χ3v) is 4.61. The third-order valence-electron chi connectivity index (χ3n) is 4.61. The Labute approximate surface area is 169 Å². The van der Waals surface area contributed by atoms with Crippen LogP contribution in [-0.4, -0.2) is 35.1 Å². The Morgan fingerprint density at radius 3 is 2.45 bits per heavy atom. The fourth-order valence-electron chi connectivity index (χ4n) is 2.81. The average Bonchev–Trinajstić information content (AvgIpc) is 2.72. The van der Waals surface area contributed by atoms with Crippen LogP contribution >= 0.6 is 0 Å². The van der Waals surface area contributed by atoms with E-state index < -0.39 is 18.0 Å². The van der Waals surface area contributed by atoms with Gasteiger partial charge >= 0.3 is 5.97 Å². The van der Waals surface area contributed by atoms with Crippen molar-refractivity contribution in [3.8, 4) is 5.75 Å². The third kappa shape index (κ3) is 4.68. The van der Waals surface area contributed by atoms with Crippen molar-refractivity contribution in [3.05, 3.63) is 65.0 Å². The molecule has 3 aromatic rings. The van der Waals surface area contributed by atoms with E-state index in [1.54, 1.807) is 25.3 Å². The van der Waals surface area contributed by atoms with Gasteiger partial charge in [-0.3, -0.25) is 4.79 Å². The number of aryl methyl sites for hydroxylation is 2. The molecule has 0 aliphatic heterocycles. The topological polar surface area (TPSA) is 90.4 Å². The highest BCUT2D eigenvalue weighted by Crippen LogP contribution is 2.17. The monoisotopic (exact) mass is 393 g/mol. The number of nitrogens with zero attached hydrogens (tertiary/aromatic N) is 2. The molecule has 29 heavy (non-hydrogen) atoms. The van der Waals surface area contributed by atoms with Gasteiger partial charge in [0.05, 0.1) is 35.1 Å². The Morgan fingerprint density at radius 2 is 1.72 bits per heavy atom. The molecule has 2 aromatic carbocycles. The largest absolute Gasteiger partial charge is 0.496 e. The summed E-state index contributed by atoms with van der Waals surface area (Å²) in [5.41, 5.74) is 4.10. The van der Waals surface area contributed by atoms with E-state index in [0.717, 1.165) is 17.0 Å². The molecule has 150 valence electrons. The Balaban J connectivity index is 1.64. The highest BCUT2D eigenvalue weighted by atomic mass is 16.5. The van der Waals surface area contributed by atoms with Gasteiger partial charge in [0.1, 0.15) is 5.75 Å². The van der Waals surface area contributed by atoms with Crippen LogP contribution in [0, 0.1) is 13.8 Å². The first kappa shape index (κ1) is 20.3. The molecule has 0 bridgehead atoms. The highest BCUT2D eigenvalue weighted by Gasteiger charge is 2.19. The standard InChI is InChI=1S/C22H23N3O4/c1-13-14(2)25-19-11-16(9-10-18(19)24-13)22(27)29-15(3)21(26)23-12-17-7-5-6-8-20(17)28-4/h5-11,15H,12H2,1-4H3,(H,23,26)/t15-/m0/s1. The van der Waals surface area contributed by atoms with E-state index in [4.69, 9.17) is 9.47 Å². The summed E-state index contributed by atoms with van der Waals surface area (Å²) in [5.74, 6) is -0.302. The van der Waals surface area contributed by atoms with E-state index in [1.807, 2.05) is 38.1 Å². The summed E-state index contributed by atoms with van der Waals surface area (Å²) in [4.78, 5) is 33.7. The quantitative estimate of drug-likeness (QED) is 0.647. The number of benzene rings is 2. The smallest absolute Gasteiger partial charge is 0.338 e. The molecule has 3 rings (SSSR count). The molecular formula is C22H23N3O4. The Bertz CT molecular complexity index is 1070. The fraction of sp³-hybridized carbons (Fsp3) is 0.273. The molecule has 0 saturated heterocycles. The number of nitrogens with one attached hydrogen (secondary N) is 1. The van der Waals surface area contributed by atoms with Gasteiger partial charge < -0.3 is 14.8 Å². The Kier molecular flexibility index (Phi) is 6.07. The van der Waals surface area contributed by atoms with Gasteiger partial charge in [0.25, 0.3) is 5.91 Å². The highest BCUT2D eigenvalue weighted by molar-refractivity contribution is 5.95. The molecule has 0 aliphatic rings. The van der Waals surface area contributed by atoms with Crippen LogP contribution in [0.2, 0.25) is 0 Å². The summed E-state index contributed by atoms with van der Waals surface area (Å²) >= 11 is 0. The lowest BCUT2D eigenvalue weighted by Crippen LogP contribution is -2.35. The van der Waals surface area contributed by atoms with Crippen LogP contribution in [0.3, 0.4) is 0 Å². The lowest BCUT2D eigenvalue weighted by atomic mass is 10.2. The van der Waals surface area contributed by atoms with Crippen molar-refractivity contribution in [2.24, 2.45) is 0 Å². The van der Waals surface area contributed by atoms with Gasteiger partial charge in [-0.15, -0.1) is 0 Å². The molecule has 1 N–H and O–H groups in total. The molecule has 0 unspecified atom stereocenters. The van der Waals surface area contributed by atoms with E-state index >= 15 is 0 Å². The Hall–Kier alpha value is -3.48. The molecule has 0 fully saturated rings. The maximum absolute atomic E-state index is 12.5. The first-order valence-corrected chi connectivity index (χ1v) is 9.24. The first-order chi connectivity index (χ1) is 13.9. The maximum Gasteiger partial charge on any atom is 0.338 e. The minimum Gasteiger partial charge on any atom is -0.496 e. The number of methoxy groups -OCH3 is 1. The zero-order valence-corrected chi connectivity index (χ0v) is 16.9. The second-order valence-corrected chi connectivity index (χ2v) is 6.68. The van der Waals surface area contributed by atoms with E-state index in [2.05, 4.69) is 15.3 Å². The minimum absolute atomic E-state index is 0.273. The van der Waals surface area contributed by atoms with Crippen molar-refractivity contribution in [1.82, 2.24) is 15.3 Å². The zero-order valence-electron chi connectivity index (χ0n) is 16.9. The predicted octanol–water partition coefficient (Wildman–Crippen LogP) is 3.12. The SMILES string of the molecule is COc1ccccc1CNC(=O)[C@H](C)OC(=O)c1ccc2nc(C)c(C)nc2c1. The number of carbonyl (C=O) groups excluding carboxylic acids is 2. The van der Waals surface area contributed by atoms with Crippen LogP contribution in [0.5, 0.6) is 5.75 Å². The van der Waals surface area contributed by atoms with Gasteiger partial charge in [0, 0.05) is 12.1 Å². The van der Waals surface area contributed by atoms with Gasteiger partial charge in [0.2, 0.25) is 0 Å². The summed E-state index contributed by atoms with van der Waals surface area (Å²) in [5, 5.41) is 2.76. The van der Waals surface area contributed by atoms with E-state index in [0.29, 0.717) is 22.3 Å². The second-order valence-electron chi connectivity index (χ2n) is 6.68. The molecule has 1 atom stereocenters. The molecule has 7 heteroatoms. The first-order valence-electron chi connectivity index (χ1n) is 9.24. The lowest BCUT2D eigenvalue weighted by molar-refractivity contribution is -0.129. The molecule has 1 heterocycles. The number of rotatable bonds is 6. The van der Waals surface area contributed by atoms with Crippen LogP contribution in [0.4, 0.5) is 0 Å². The number of amides is 1. The van der Waals surface area contributed by atoms with Crippen molar-refractivity contribution in [3.63, 3.8) is 0 Å². The van der Waals surface area contributed by atoms with Gasteiger partial charge in [-0.05, 0) is 45.0 Å². The van der Waals surface area contributed by atoms with Gasteiger partial charge in [-0.2, -0.15) is 0 Å². The van der Waals surface area contributed by atoms with Crippen molar-refractivity contribution in [2.75, 3.05) is 7.11 Å². The van der Waals surface area contributed by atoms with Crippen molar-refractivity contribution >= 4 is 22.9 Å². The number of fused-ring (bicyclic) bond motifs is 1. The number of hydrogen-bond donors (Lipinski definition) is 1. The van der Waals surface area contributed by atoms with Crippen molar-refractivity contribution in [2.45, 2.75) is 33.4 Å². The molecule has 7 nitrogen and oxygen atoms in total. The van der Waals surface area contributed by atoms with Crippen LogP contribution in [0.25, 0.3) is 11.0 Å². The summed E-state index contributed by atoms with van der Waals surface area (Å²) in [7, 11) is 1.57. The number of carbonyl (C=O) groups is 2. The molecule has 0 aliphatic carbocycles. The predicted molar refractivity (Wildman–Crippen MR) is 109 cm³/mol.